The van der Waals surface area contributed by atoms with Crippen LogP contribution in [0.15, 0.2) is 12.1 Å². The highest BCUT2D eigenvalue weighted by molar-refractivity contribution is 5.48. The molecule has 1 aromatic rings. The molecule has 0 aliphatic carbocycles. The molecule has 0 heterocycles. The van der Waals surface area contributed by atoms with Crippen molar-refractivity contribution in [3.05, 3.63) is 28.8 Å². The summed E-state index contributed by atoms with van der Waals surface area (Å²) in [6.45, 7) is 10.8. The van der Waals surface area contributed by atoms with E-state index < -0.39 is 0 Å². The highest BCUT2D eigenvalue weighted by Gasteiger charge is 2.22. The Morgan fingerprint density at radius 1 is 1.00 bits per heavy atom. The Kier molecular flexibility index (Phi) is 7.33. The van der Waals surface area contributed by atoms with E-state index in [0.29, 0.717) is 25.1 Å². The second-order valence-electron chi connectivity index (χ2n) is 6.94. The Hall–Kier alpha value is -1.10. The molecule has 1 aromatic carbocycles. The summed E-state index contributed by atoms with van der Waals surface area (Å²) in [4.78, 5) is 2.18. The quantitative estimate of drug-likeness (QED) is 0.690. The van der Waals surface area contributed by atoms with Gasteiger partial charge < -0.3 is 15.3 Å². The first-order chi connectivity index (χ1) is 10.3. The summed E-state index contributed by atoms with van der Waals surface area (Å²) in [5.74, 6) is 0.380. The number of aromatic hydroxyl groups is 1. The molecule has 22 heavy (non-hydrogen) atoms. The number of aliphatic hydroxyl groups excluding tert-OH is 2. The predicted molar refractivity (Wildman–Crippen MR) is 90.2 cm³/mol. The zero-order valence-corrected chi connectivity index (χ0v) is 14.4. The number of aliphatic hydroxyl groups is 2. The second-order valence-corrected chi connectivity index (χ2v) is 6.94. The van der Waals surface area contributed by atoms with E-state index in [0.717, 1.165) is 29.8 Å². The van der Waals surface area contributed by atoms with E-state index in [1.54, 1.807) is 0 Å². The van der Waals surface area contributed by atoms with E-state index in [9.17, 15) is 5.11 Å². The van der Waals surface area contributed by atoms with Crippen LogP contribution in [-0.2, 0) is 12.0 Å². The van der Waals surface area contributed by atoms with Gasteiger partial charge in [-0.1, -0.05) is 32.9 Å². The van der Waals surface area contributed by atoms with Gasteiger partial charge in [-0.2, -0.15) is 0 Å². The van der Waals surface area contributed by atoms with Crippen LogP contribution in [0.5, 0.6) is 5.75 Å². The summed E-state index contributed by atoms with van der Waals surface area (Å²) in [6, 6.07) is 4.06. The molecule has 0 atom stereocenters. The van der Waals surface area contributed by atoms with Crippen LogP contribution >= 0.6 is 0 Å². The fourth-order valence-corrected chi connectivity index (χ4v) is 2.62. The zero-order valence-electron chi connectivity index (χ0n) is 14.4. The van der Waals surface area contributed by atoms with Gasteiger partial charge in [-0.25, -0.2) is 0 Å². The molecule has 0 radical (unpaired) electrons. The Labute approximate surface area is 134 Å². The fourth-order valence-electron chi connectivity index (χ4n) is 2.62. The van der Waals surface area contributed by atoms with Crippen molar-refractivity contribution in [1.29, 1.82) is 0 Å². The topological polar surface area (TPSA) is 63.9 Å². The van der Waals surface area contributed by atoms with Gasteiger partial charge in [0.2, 0.25) is 0 Å². The minimum Gasteiger partial charge on any atom is -0.507 e. The highest BCUT2D eigenvalue weighted by atomic mass is 16.3. The minimum absolute atomic E-state index is 0.104. The molecular weight excluding hydrogens is 278 g/mol. The van der Waals surface area contributed by atoms with Crippen LogP contribution in [0.1, 0.15) is 50.3 Å². The molecule has 0 aromatic heterocycles. The van der Waals surface area contributed by atoms with Crippen molar-refractivity contribution in [1.82, 2.24) is 4.90 Å². The molecule has 0 spiro atoms. The lowest BCUT2D eigenvalue weighted by molar-refractivity contribution is 0.195. The van der Waals surface area contributed by atoms with Gasteiger partial charge in [0.25, 0.3) is 0 Å². The number of aryl methyl sites for hydroxylation is 1. The fraction of sp³-hybridized carbons (Fsp3) is 0.667. The van der Waals surface area contributed by atoms with Crippen LogP contribution in [0.4, 0.5) is 0 Å². The third kappa shape index (κ3) is 5.27. The Morgan fingerprint density at radius 3 is 2.00 bits per heavy atom. The standard InChI is InChI=1S/C18H31NO3/c1-14-7-8-16(18(2,3)4)17(22)15(14)13-19(9-5-11-20)10-6-12-21/h7-8,20-22H,5-6,9-13H2,1-4H3. The van der Waals surface area contributed by atoms with Crippen LogP contribution < -0.4 is 0 Å². The van der Waals surface area contributed by atoms with E-state index in [-0.39, 0.29) is 18.6 Å². The number of rotatable bonds is 8. The average Bonchev–Trinajstić information content (AvgIpc) is 2.43. The largest absolute Gasteiger partial charge is 0.507 e. The summed E-state index contributed by atoms with van der Waals surface area (Å²) >= 11 is 0. The molecule has 1 rings (SSSR count). The molecule has 0 bridgehead atoms. The first-order valence-electron chi connectivity index (χ1n) is 8.07. The van der Waals surface area contributed by atoms with Gasteiger partial charge in [-0.15, -0.1) is 0 Å². The molecule has 126 valence electrons. The van der Waals surface area contributed by atoms with Crippen molar-refractivity contribution in [3.8, 4) is 5.75 Å². The Morgan fingerprint density at radius 2 is 1.55 bits per heavy atom. The summed E-state index contributed by atoms with van der Waals surface area (Å²) in [6.07, 6.45) is 1.40. The summed E-state index contributed by atoms with van der Waals surface area (Å²) in [5, 5.41) is 28.8. The van der Waals surface area contributed by atoms with Crippen LogP contribution in [0.3, 0.4) is 0 Å². The van der Waals surface area contributed by atoms with Crippen molar-refractivity contribution >= 4 is 0 Å². The smallest absolute Gasteiger partial charge is 0.124 e. The van der Waals surface area contributed by atoms with Crippen LogP contribution in [0.2, 0.25) is 0 Å². The second kappa shape index (κ2) is 8.51. The molecule has 3 N–H and O–H groups in total. The van der Waals surface area contributed by atoms with Crippen molar-refractivity contribution in [2.24, 2.45) is 0 Å². The van der Waals surface area contributed by atoms with Crippen LogP contribution in [0.25, 0.3) is 0 Å². The molecule has 0 aliphatic heterocycles. The third-order valence-corrected chi connectivity index (χ3v) is 3.97. The normalized spacial score (nSPS) is 12.1. The summed E-state index contributed by atoms with van der Waals surface area (Å²) < 4.78 is 0. The lowest BCUT2D eigenvalue weighted by Crippen LogP contribution is -2.27. The molecule has 4 heteroatoms. The molecule has 0 fully saturated rings. The van der Waals surface area contributed by atoms with E-state index >= 15 is 0 Å². The molecule has 4 nitrogen and oxygen atoms in total. The van der Waals surface area contributed by atoms with Gasteiger partial charge in [-0.05, 0) is 36.3 Å². The first kappa shape index (κ1) is 18.9. The minimum atomic E-state index is -0.104. The van der Waals surface area contributed by atoms with E-state index in [1.165, 1.54) is 0 Å². The molecule has 0 saturated carbocycles. The van der Waals surface area contributed by atoms with Crippen LogP contribution in [-0.4, -0.2) is 46.5 Å². The Balaban J connectivity index is 3.02. The molecule has 0 aliphatic rings. The van der Waals surface area contributed by atoms with Gasteiger partial charge in [-0.3, -0.25) is 4.90 Å². The highest BCUT2D eigenvalue weighted by Crippen LogP contribution is 2.35. The number of nitrogens with zero attached hydrogens (tertiary/aromatic N) is 1. The van der Waals surface area contributed by atoms with Gasteiger partial charge >= 0.3 is 0 Å². The zero-order chi connectivity index (χ0) is 16.8. The van der Waals surface area contributed by atoms with E-state index in [4.69, 9.17) is 10.2 Å². The van der Waals surface area contributed by atoms with Crippen molar-refractivity contribution in [2.45, 2.75) is 52.5 Å². The monoisotopic (exact) mass is 309 g/mol. The van der Waals surface area contributed by atoms with Gasteiger partial charge in [0.05, 0.1) is 0 Å². The number of benzene rings is 1. The lowest BCUT2D eigenvalue weighted by atomic mass is 9.84. The maximum absolute atomic E-state index is 10.7. The third-order valence-electron chi connectivity index (χ3n) is 3.97. The number of hydrogen-bond acceptors (Lipinski definition) is 4. The maximum atomic E-state index is 10.7. The van der Waals surface area contributed by atoms with E-state index in [1.807, 2.05) is 13.0 Å². The predicted octanol–water partition coefficient (Wildman–Crippen LogP) is 2.56. The molecular formula is C18H31NO3. The Bertz CT molecular complexity index is 458. The average molecular weight is 309 g/mol. The first-order valence-corrected chi connectivity index (χ1v) is 8.07. The van der Waals surface area contributed by atoms with Crippen molar-refractivity contribution < 1.29 is 15.3 Å². The van der Waals surface area contributed by atoms with Crippen molar-refractivity contribution in [2.75, 3.05) is 26.3 Å². The number of phenolic OH excluding ortho intramolecular Hbond substituents is 1. The molecule has 0 unspecified atom stereocenters. The number of hydrogen-bond donors (Lipinski definition) is 3. The molecule has 0 saturated heterocycles. The molecule has 0 amide bonds. The maximum Gasteiger partial charge on any atom is 0.124 e. The number of phenols is 1. The SMILES string of the molecule is Cc1ccc(C(C)(C)C)c(O)c1CN(CCCO)CCCO. The summed E-state index contributed by atoms with van der Waals surface area (Å²) in [7, 11) is 0. The van der Waals surface area contributed by atoms with Gasteiger partial charge in [0.1, 0.15) is 5.75 Å². The van der Waals surface area contributed by atoms with Gasteiger partial charge in [0.15, 0.2) is 0 Å². The van der Waals surface area contributed by atoms with Gasteiger partial charge in [0, 0.05) is 38.4 Å². The van der Waals surface area contributed by atoms with Crippen LogP contribution in [0, 0.1) is 6.92 Å². The summed E-state index contributed by atoms with van der Waals surface area (Å²) in [5.41, 5.74) is 2.87. The lowest BCUT2D eigenvalue weighted by Gasteiger charge is -2.27. The van der Waals surface area contributed by atoms with Crippen molar-refractivity contribution in [3.63, 3.8) is 0 Å². The van der Waals surface area contributed by atoms with E-state index in [2.05, 4.69) is 31.7 Å².